The Morgan fingerprint density at radius 3 is 2.56 bits per heavy atom. The van der Waals surface area contributed by atoms with Crippen LogP contribution in [0.4, 0.5) is 4.79 Å². The maximum Gasteiger partial charge on any atom is 0.411 e. The van der Waals surface area contributed by atoms with Crippen molar-refractivity contribution in [2.24, 2.45) is 5.92 Å². The van der Waals surface area contributed by atoms with E-state index in [0.717, 1.165) is 16.3 Å². The van der Waals surface area contributed by atoms with Crippen LogP contribution in [0.3, 0.4) is 0 Å². The first-order valence-corrected chi connectivity index (χ1v) is 15.3. The molecule has 2 aliphatic carbocycles. The number of ether oxygens (including phenoxy) is 2. The Morgan fingerprint density at radius 2 is 1.93 bits per heavy atom. The number of hydrogen-bond donors (Lipinski definition) is 2. The summed E-state index contributed by atoms with van der Waals surface area (Å²) in [4.78, 5) is 45.8. The number of fused-ring (bicyclic) bond motifs is 1. The zero-order chi connectivity index (χ0) is 29.7. The second-order valence-electron chi connectivity index (χ2n) is 12.1. The fourth-order valence-electron chi connectivity index (χ4n) is 5.29. The van der Waals surface area contributed by atoms with Gasteiger partial charge in [0, 0.05) is 23.9 Å². The Balaban J connectivity index is 1.38. The molecule has 1 aromatic carbocycles. The van der Waals surface area contributed by atoms with Gasteiger partial charge in [-0.2, -0.15) is 0 Å². The van der Waals surface area contributed by atoms with E-state index < -0.39 is 62.4 Å². The second-order valence-corrected chi connectivity index (χ2v) is 14.1. The lowest BCUT2D eigenvalue weighted by atomic mass is 10.1. The normalized spacial score (nSPS) is 25.9. The van der Waals surface area contributed by atoms with E-state index >= 15 is 0 Å². The van der Waals surface area contributed by atoms with E-state index in [1.54, 1.807) is 27.0 Å². The summed E-state index contributed by atoms with van der Waals surface area (Å²) in [6, 6.07) is 6.70. The van der Waals surface area contributed by atoms with Crippen LogP contribution in [0.25, 0.3) is 10.8 Å². The van der Waals surface area contributed by atoms with Crippen molar-refractivity contribution in [3.8, 4) is 5.88 Å². The molecule has 11 nitrogen and oxygen atoms in total. The molecule has 12 heteroatoms. The zero-order valence-corrected chi connectivity index (χ0v) is 24.5. The highest BCUT2D eigenvalue weighted by Crippen LogP contribution is 2.45. The average Bonchev–Trinajstić information content (AvgIpc) is 3.80. The predicted octanol–water partition coefficient (Wildman–Crippen LogP) is 2.97. The van der Waals surface area contributed by atoms with E-state index in [-0.39, 0.29) is 19.4 Å². The molecule has 41 heavy (non-hydrogen) atoms. The summed E-state index contributed by atoms with van der Waals surface area (Å²) in [5, 5.41) is 3.95. The van der Waals surface area contributed by atoms with E-state index in [0.29, 0.717) is 18.7 Å². The summed E-state index contributed by atoms with van der Waals surface area (Å²) in [5.41, 5.74) is -1.30. The number of carbonyl (C=O) groups is 3. The molecule has 3 amide bonds. The lowest BCUT2D eigenvalue weighted by Gasteiger charge is -2.29. The van der Waals surface area contributed by atoms with Crippen molar-refractivity contribution in [3.63, 3.8) is 0 Å². The van der Waals surface area contributed by atoms with Crippen LogP contribution in [-0.4, -0.2) is 71.3 Å². The van der Waals surface area contributed by atoms with Gasteiger partial charge in [-0.05, 0) is 64.0 Å². The van der Waals surface area contributed by atoms with Gasteiger partial charge in [-0.1, -0.05) is 24.3 Å². The van der Waals surface area contributed by atoms with Gasteiger partial charge in [0.2, 0.25) is 21.8 Å². The Labute approximate surface area is 239 Å². The number of rotatable bonds is 8. The van der Waals surface area contributed by atoms with Gasteiger partial charge >= 0.3 is 6.09 Å². The van der Waals surface area contributed by atoms with Crippen LogP contribution in [0.2, 0.25) is 0 Å². The van der Waals surface area contributed by atoms with Crippen LogP contribution in [0, 0.1) is 12.8 Å². The lowest BCUT2D eigenvalue weighted by molar-refractivity contribution is -0.131. The number of sulfonamides is 1. The average molecular weight is 585 g/mol. The van der Waals surface area contributed by atoms with Crippen LogP contribution in [0.5, 0.6) is 5.88 Å². The standard InChI is InChI=1S/C29H36N4O7S/c1-6-19-15-29(19,26(35)32-41(37,38)21-10-11-21)31-24(34)22-14-20(16-33(22)27(36)40-28(3,4)5)39-25-23-17(2)8-7-9-18(23)12-13-30-25/h6-9,12-13,19-22H,1,10-11,14-16H2,2-5H3,(H,31,34)(H,32,35)/t19?,20-,22+,29-/m1/s1. The van der Waals surface area contributed by atoms with Gasteiger partial charge in [0.15, 0.2) is 0 Å². The van der Waals surface area contributed by atoms with E-state index in [2.05, 4.69) is 21.6 Å². The number of benzene rings is 1. The number of hydrogen-bond acceptors (Lipinski definition) is 8. The van der Waals surface area contributed by atoms with Crippen molar-refractivity contribution in [1.82, 2.24) is 19.9 Å². The summed E-state index contributed by atoms with van der Waals surface area (Å²) in [6.07, 6.45) is 3.17. The van der Waals surface area contributed by atoms with Gasteiger partial charge in [-0.3, -0.25) is 19.2 Å². The van der Waals surface area contributed by atoms with Crippen molar-refractivity contribution in [1.29, 1.82) is 0 Å². The fourth-order valence-corrected chi connectivity index (χ4v) is 6.66. The molecule has 0 radical (unpaired) electrons. The van der Waals surface area contributed by atoms with E-state index in [9.17, 15) is 22.8 Å². The van der Waals surface area contributed by atoms with Crippen molar-refractivity contribution < 1.29 is 32.3 Å². The molecule has 0 spiro atoms. The molecule has 2 heterocycles. The molecule has 1 aliphatic heterocycles. The Bertz CT molecular complexity index is 1510. The van der Waals surface area contributed by atoms with E-state index in [4.69, 9.17) is 9.47 Å². The second kappa shape index (κ2) is 10.3. The Kier molecular flexibility index (Phi) is 7.25. The highest BCUT2D eigenvalue weighted by atomic mass is 32.2. The molecule has 5 rings (SSSR count). The lowest BCUT2D eigenvalue weighted by Crippen LogP contribution is -2.56. The van der Waals surface area contributed by atoms with Gasteiger partial charge in [-0.15, -0.1) is 6.58 Å². The first-order valence-electron chi connectivity index (χ1n) is 13.8. The molecular formula is C29H36N4O7S. The minimum absolute atomic E-state index is 0.0527. The first kappa shape index (κ1) is 28.8. The Morgan fingerprint density at radius 1 is 1.20 bits per heavy atom. The third-order valence-corrected chi connectivity index (χ3v) is 9.50. The third kappa shape index (κ3) is 5.88. The maximum absolute atomic E-state index is 13.7. The number of likely N-dealkylation sites (tertiary alicyclic amines) is 1. The minimum atomic E-state index is -3.82. The quantitative estimate of drug-likeness (QED) is 0.451. The minimum Gasteiger partial charge on any atom is -0.472 e. The number of nitrogens with one attached hydrogen (secondary N) is 2. The molecule has 220 valence electrons. The van der Waals surface area contributed by atoms with Crippen molar-refractivity contribution >= 4 is 38.7 Å². The number of aryl methyl sites for hydroxylation is 1. The number of carbonyl (C=O) groups excluding carboxylic acids is 3. The molecule has 2 N–H and O–H groups in total. The van der Waals surface area contributed by atoms with Crippen molar-refractivity contribution in [2.45, 2.75) is 81.9 Å². The number of nitrogens with zero attached hydrogens (tertiary/aromatic N) is 2. The molecule has 0 bridgehead atoms. The fraction of sp³-hybridized carbons (Fsp3) is 0.517. The SMILES string of the molecule is C=CC1C[C@]1(NC(=O)[C@@H]1C[C@@H](Oc2nccc3cccc(C)c23)CN1C(=O)OC(C)(C)C)C(=O)NS(=O)(=O)C1CC1. The molecule has 3 fully saturated rings. The largest absolute Gasteiger partial charge is 0.472 e. The summed E-state index contributed by atoms with van der Waals surface area (Å²) in [7, 11) is -3.82. The number of amides is 3. The highest BCUT2D eigenvalue weighted by molar-refractivity contribution is 7.91. The van der Waals surface area contributed by atoms with E-state index in [1.807, 2.05) is 31.2 Å². The van der Waals surface area contributed by atoms with Crippen LogP contribution >= 0.6 is 0 Å². The predicted molar refractivity (Wildman–Crippen MR) is 152 cm³/mol. The summed E-state index contributed by atoms with van der Waals surface area (Å²) < 4.78 is 38.9. The van der Waals surface area contributed by atoms with Gasteiger partial charge < -0.3 is 14.8 Å². The molecule has 1 aromatic heterocycles. The molecular weight excluding hydrogens is 548 g/mol. The van der Waals surface area contributed by atoms with Crippen molar-refractivity contribution in [3.05, 3.63) is 48.7 Å². The van der Waals surface area contributed by atoms with E-state index in [1.165, 1.54) is 11.0 Å². The summed E-state index contributed by atoms with van der Waals surface area (Å²) in [6.45, 7) is 10.9. The van der Waals surface area contributed by atoms with Crippen LogP contribution in [-0.2, 0) is 24.3 Å². The van der Waals surface area contributed by atoms with Gasteiger partial charge in [-0.25, -0.2) is 18.2 Å². The van der Waals surface area contributed by atoms with Gasteiger partial charge in [0.05, 0.1) is 11.8 Å². The topological polar surface area (TPSA) is 144 Å². The monoisotopic (exact) mass is 584 g/mol. The van der Waals surface area contributed by atoms with Crippen LogP contribution < -0.4 is 14.8 Å². The summed E-state index contributed by atoms with van der Waals surface area (Å²) in [5.74, 6) is -1.46. The molecule has 1 unspecified atom stereocenters. The number of aromatic nitrogens is 1. The smallest absolute Gasteiger partial charge is 0.411 e. The maximum atomic E-state index is 13.7. The Hall–Kier alpha value is -3.67. The highest BCUT2D eigenvalue weighted by Gasteiger charge is 2.62. The van der Waals surface area contributed by atoms with Gasteiger partial charge in [0.25, 0.3) is 5.91 Å². The summed E-state index contributed by atoms with van der Waals surface area (Å²) >= 11 is 0. The molecule has 4 atom stereocenters. The zero-order valence-electron chi connectivity index (χ0n) is 23.7. The van der Waals surface area contributed by atoms with Crippen LogP contribution in [0.1, 0.15) is 52.0 Å². The first-order chi connectivity index (χ1) is 19.2. The van der Waals surface area contributed by atoms with Crippen LogP contribution in [0.15, 0.2) is 43.1 Å². The molecule has 2 saturated carbocycles. The molecule has 1 saturated heterocycles. The molecule has 2 aromatic rings. The third-order valence-electron chi connectivity index (χ3n) is 7.69. The molecule has 3 aliphatic rings. The van der Waals surface area contributed by atoms with Crippen molar-refractivity contribution in [2.75, 3.05) is 6.54 Å². The number of pyridine rings is 1. The van der Waals surface area contributed by atoms with Gasteiger partial charge in [0.1, 0.15) is 23.3 Å².